The highest BCUT2D eigenvalue weighted by molar-refractivity contribution is 6.27. The molecule has 1 aliphatic heterocycles. The molecule has 2 N–H and O–H groups in total. The molecular formula is C22H31NO5. The molecule has 6 heteroatoms. The zero-order valence-corrected chi connectivity index (χ0v) is 17.0. The van der Waals surface area contributed by atoms with Gasteiger partial charge in [0.1, 0.15) is 11.4 Å². The molecule has 1 heterocycles. The van der Waals surface area contributed by atoms with Crippen molar-refractivity contribution in [3.05, 3.63) is 41.5 Å². The van der Waals surface area contributed by atoms with Crippen LogP contribution in [0.3, 0.4) is 0 Å². The summed E-state index contributed by atoms with van der Waals surface area (Å²) in [5.74, 6) is -1.90. The van der Waals surface area contributed by atoms with E-state index in [0.29, 0.717) is 5.92 Å². The van der Waals surface area contributed by atoms with E-state index in [2.05, 4.69) is 56.1 Å². The smallest absolute Gasteiger partial charge is 0.414 e. The third kappa shape index (κ3) is 5.58. The molecule has 1 aliphatic carbocycles. The fraction of sp³-hybridized carbons (Fsp3) is 0.545. The number of hydrogen-bond donors (Lipinski definition) is 2. The van der Waals surface area contributed by atoms with Crippen molar-refractivity contribution in [2.75, 3.05) is 20.1 Å². The van der Waals surface area contributed by atoms with Gasteiger partial charge in [-0.1, -0.05) is 36.3 Å². The Hall–Kier alpha value is -2.34. The van der Waals surface area contributed by atoms with Gasteiger partial charge in [0.25, 0.3) is 0 Å². The largest absolute Gasteiger partial charge is 0.486 e. The molecule has 1 saturated carbocycles. The second-order valence-electron chi connectivity index (χ2n) is 7.91. The molecule has 0 amide bonds. The molecule has 0 radical (unpaired) electrons. The van der Waals surface area contributed by atoms with E-state index in [1.807, 2.05) is 0 Å². The topological polar surface area (TPSA) is 87.1 Å². The summed E-state index contributed by atoms with van der Waals surface area (Å²) < 4.78 is 6.53. The van der Waals surface area contributed by atoms with Crippen LogP contribution in [-0.4, -0.2) is 52.8 Å². The number of carbonyl (C=O) groups is 2. The predicted molar refractivity (Wildman–Crippen MR) is 108 cm³/mol. The lowest BCUT2D eigenvalue weighted by molar-refractivity contribution is -0.159. The average Bonchev–Trinajstić information content (AvgIpc) is 3.00. The van der Waals surface area contributed by atoms with Crippen molar-refractivity contribution in [3.8, 4) is 5.75 Å². The number of aliphatic carboxylic acids is 2. The number of ether oxygens (including phenoxy) is 1. The molecule has 154 valence electrons. The Bertz CT molecular complexity index is 713. The number of benzene rings is 1. The van der Waals surface area contributed by atoms with Gasteiger partial charge in [-0.15, -0.1) is 0 Å². The Morgan fingerprint density at radius 2 is 1.89 bits per heavy atom. The number of likely N-dealkylation sites (N-methyl/N-ethyl adjacent to an activating group) is 1. The van der Waals surface area contributed by atoms with Crippen LogP contribution in [0, 0.1) is 0 Å². The van der Waals surface area contributed by atoms with Crippen LogP contribution in [0.1, 0.15) is 57.4 Å². The highest BCUT2D eigenvalue weighted by Gasteiger charge is 2.48. The number of rotatable bonds is 5. The van der Waals surface area contributed by atoms with E-state index in [1.165, 1.54) is 36.8 Å². The first-order valence-electron chi connectivity index (χ1n) is 9.81. The summed E-state index contributed by atoms with van der Waals surface area (Å²) in [6.07, 6.45) is 8.59. The zero-order valence-electron chi connectivity index (χ0n) is 17.0. The highest BCUT2D eigenvalue weighted by atomic mass is 16.5. The fourth-order valence-corrected chi connectivity index (χ4v) is 4.01. The summed E-state index contributed by atoms with van der Waals surface area (Å²) in [5.41, 5.74) is 2.90. The van der Waals surface area contributed by atoms with Gasteiger partial charge in [0.2, 0.25) is 0 Å². The number of fused-ring (bicyclic) bond motifs is 3. The van der Waals surface area contributed by atoms with Gasteiger partial charge in [0.05, 0.1) is 0 Å². The predicted octanol–water partition coefficient (Wildman–Crippen LogP) is 3.92. The molecule has 1 aromatic rings. The summed E-state index contributed by atoms with van der Waals surface area (Å²) in [6, 6.07) is 8.70. The molecular weight excluding hydrogens is 358 g/mol. The minimum atomic E-state index is -1.82. The summed E-state index contributed by atoms with van der Waals surface area (Å²) in [5, 5.41) is 14.8. The Kier molecular flexibility index (Phi) is 7.63. The van der Waals surface area contributed by atoms with Crippen LogP contribution in [0.5, 0.6) is 5.75 Å². The maximum atomic E-state index is 9.10. The lowest BCUT2D eigenvalue weighted by Crippen LogP contribution is -2.43. The van der Waals surface area contributed by atoms with Crippen LogP contribution in [0.4, 0.5) is 0 Å². The first-order chi connectivity index (χ1) is 13.2. The quantitative estimate of drug-likeness (QED) is 0.586. The fourth-order valence-electron chi connectivity index (χ4n) is 4.01. The van der Waals surface area contributed by atoms with Crippen LogP contribution < -0.4 is 4.74 Å². The number of para-hydroxylation sites is 1. The summed E-state index contributed by atoms with van der Waals surface area (Å²) in [6.45, 7) is 6.48. The summed E-state index contributed by atoms with van der Waals surface area (Å²) in [7, 11) is 2.22. The maximum absolute atomic E-state index is 9.10. The van der Waals surface area contributed by atoms with Crippen molar-refractivity contribution in [2.45, 2.75) is 57.5 Å². The van der Waals surface area contributed by atoms with Gasteiger partial charge >= 0.3 is 11.9 Å². The zero-order chi connectivity index (χ0) is 20.7. The van der Waals surface area contributed by atoms with Crippen LogP contribution in [0.25, 0.3) is 0 Å². The van der Waals surface area contributed by atoms with Crippen LogP contribution in [0.2, 0.25) is 0 Å². The van der Waals surface area contributed by atoms with E-state index in [4.69, 9.17) is 24.5 Å². The number of carboxylic acid groups (broad SMARTS) is 2. The lowest BCUT2D eigenvalue weighted by atomic mass is 9.72. The van der Waals surface area contributed by atoms with E-state index in [-0.39, 0.29) is 5.60 Å². The SMILES string of the molecule is CC(C)=CCN(C)CC[C@@]12CCCC[C@@H]1c1ccccc1O2.O=C(O)C(=O)O. The van der Waals surface area contributed by atoms with Gasteiger partial charge in [-0.3, -0.25) is 0 Å². The Morgan fingerprint density at radius 3 is 2.54 bits per heavy atom. The minimum absolute atomic E-state index is 0.0567. The van der Waals surface area contributed by atoms with Crippen LogP contribution in [-0.2, 0) is 9.59 Å². The molecule has 1 fully saturated rings. The number of allylic oxidation sites excluding steroid dienone is 1. The Labute approximate surface area is 166 Å². The van der Waals surface area contributed by atoms with Crippen molar-refractivity contribution < 1.29 is 24.5 Å². The molecule has 0 aromatic heterocycles. The average molecular weight is 389 g/mol. The van der Waals surface area contributed by atoms with Gasteiger partial charge in [0, 0.05) is 31.0 Å². The van der Waals surface area contributed by atoms with Gasteiger partial charge in [-0.2, -0.15) is 0 Å². The number of carboxylic acids is 2. The van der Waals surface area contributed by atoms with E-state index >= 15 is 0 Å². The van der Waals surface area contributed by atoms with Gasteiger partial charge in [-0.05, 0) is 46.2 Å². The highest BCUT2D eigenvalue weighted by Crippen LogP contribution is 2.53. The summed E-state index contributed by atoms with van der Waals surface area (Å²) in [4.78, 5) is 20.6. The van der Waals surface area contributed by atoms with E-state index in [1.54, 1.807) is 0 Å². The molecule has 0 bridgehead atoms. The standard InChI is InChI=1S/C20H29NO.C2H2O4/c1-16(2)11-14-21(3)15-13-20-12-7-6-9-18(20)17-8-4-5-10-19(17)22-20;3-1(4)2(5)6/h4-5,8,10-11,18H,6-7,9,12-15H2,1-3H3;(H,3,4)(H,5,6)/t18-,20+;/m1./s1. The van der Waals surface area contributed by atoms with Gasteiger partial charge in [-0.25, -0.2) is 9.59 Å². The second-order valence-corrected chi connectivity index (χ2v) is 7.91. The van der Waals surface area contributed by atoms with Crippen LogP contribution >= 0.6 is 0 Å². The minimum Gasteiger partial charge on any atom is -0.486 e. The van der Waals surface area contributed by atoms with Crippen molar-refractivity contribution in [2.24, 2.45) is 0 Å². The Morgan fingerprint density at radius 1 is 1.21 bits per heavy atom. The van der Waals surface area contributed by atoms with Gasteiger partial charge < -0.3 is 19.8 Å². The molecule has 3 rings (SSSR count). The molecule has 0 spiro atoms. The molecule has 28 heavy (non-hydrogen) atoms. The molecule has 0 saturated heterocycles. The first-order valence-corrected chi connectivity index (χ1v) is 9.81. The normalized spacial score (nSPS) is 22.2. The van der Waals surface area contributed by atoms with Gasteiger partial charge in [0.15, 0.2) is 0 Å². The Balaban J connectivity index is 0.000000409. The first kappa shape index (κ1) is 22.0. The number of nitrogens with zero attached hydrogens (tertiary/aromatic N) is 1. The summed E-state index contributed by atoms with van der Waals surface area (Å²) >= 11 is 0. The molecule has 2 atom stereocenters. The second kappa shape index (κ2) is 9.73. The third-order valence-corrected chi connectivity index (χ3v) is 5.50. The number of hydrogen-bond acceptors (Lipinski definition) is 4. The van der Waals surface area contributed by atoms with Crippen molar-refractivity contribution in [1.29, 1.82) is 0 Å². The van der Waals surface area contributed by atoms with Crippen LogP contribution in [0.15, 0.2) is 35.9 Å². The third-order valence-electron chi connectivity index (χ3n) is 5.50. The maximum Gasteiger partial charge on any atom is 0.414 e. The van der Waals surface area contributed by atoms with Crippen molar-refractivity contribution in [1.82, 2.24) is 4.90 Å². The van der Waals surface area contributed by atoms with E-state index < -0.39 is 11.9 Å². The van der Waals surface area contributed by atoms with Crippen molar-refractivity contribution >= 4 is 11.9 Å². The van der Waals surface area contributed by atoms with Crippen molar-refractivity contribution in [3.63, 3.8) is 0 Å². The molecule has 1 aromatic carbocycles. The molecule has 0 unspecified atom stereocenters. The van der Waals surface area contributed by atoms with E-state index in [9.17, 15) is 0 Å². The lowest BCUT2D eigenvalue weighted by Gasteiger charge is -2.39. The molecule has 6 nitrogen and oxygen atoms in total. The monoisotopic (exact) mass is 389 g/mol. The molecule has 2 aliphatic rings. The van der Waals surface area contributed by atoms with E-state index in [0.717, 1.165) is 25.3 Å².